The molecule has 1 amide bonds. The van der Waals surface area contributed by atoms with E-state index in [1.54, 1.807) is 35.4 Å². The second-order valence-electron chi connectivity index (χ2n) is 5.47. The molecule has 2 heterocycles. The van der Waals surface area contributed by atoms with Gasteiger partial charge in [0.25, 0.3) is 5.91 Å². The van der Waals surface area contributed by atoms with Gasteiger partial charge in [-0.3, -0.25) is 4.79 Å². The fraction of sp³-hybridized carbons (Fsp3) is 0.294. The van der Waals surface area contributed by atoms with E-state index >= 15 is 0 Å². The SMILES string of the molecule is O=C(c1ccc[nH]c1=S)N1CCOC(c2cccc(OC(F)F)c2)C1. The molecule has 2 aromatic rings. The number of amides is 1. The number of pyridine rings is 1. The molecule has 1 atom stereocenters. The lowest BCUT2D eigenvalue weighted by molar-refractivity contribution is -0.0504. The molecule has 1 fully saturated rings. The van der Waals surface area contributed by atoms with Gasteiger partial charge in [0.2, 0.25) is 0 Å². The van der Waals surface area contributed by atoms with Gasteiger partial charge in [-0.1, -0.05) is 24.4 Å². The molecule has 25 heavy (non-hydrogen) atoms. The monoisotopic (exact) mass is 366 g/mol. The van der Waals surface area contributed by atoms with E-state index in [9.17, 15) is 13.6 Å². The summed E-state index contributed by atoms with van der Waals surface area (Å²) in [7, 11) is 0. The predicted octanol–water partition coefficient (Wildman–Crippen LogP) is 3.56. The van der Waals surface area contributed by atoms with Crippen LogP contribution in [0, 0.1) is 4.64 Å². The van der Waals surface area contributed by atoms with Crippen LogP contribution in [0.2, 0.25) is 0 Å². The van der Waals surface area contributed by atoms with Crippen LogP contribution < -0.4 is 4.74 Å². The van der Waals surface area contributed by atoms with Gasteiger partial charge in [-0.25, -0.2) is 0 Å². The number of aromatic nitrogens is 1. The number of ether oxygens (including phenoxy) is 2. The Bertz CT molecular complexity index is 812. The number of morpholine rings is 1. The van der Waals surface area contributed by atoms with Crippen LogP contribution in [0.4, 0.5) is 8.78 Å². The molecule has 1 aliphatic rings. The first-order valence-electron chi connectivity index (χ1n) is 7.68. The number of nitrogens with one attached hydrogen (secondary N) is 1. The summed E-state index contributed by atoms with van der Waals surface area (Å²) >= 11 is 5.16. The van der Waals surface area contributed by atoms with Crippen LogP contribution in [0.25, 0.3) is 0 Å². The van der Waals surface area contributed by atoms with Crippen molar-refractivity contribution in [3.8, 4) is 5.75 Å². The number of H-pyrrole nitrogens is 1. The van der Waals surface area contributed by atoms with E-state index in [1.165, 1.54) is 12.1 Å². The maximum absolute atomic E-state index is 12.7. The van der Waals surface area contributed by atoms with Gasteiger partial charge in [-0.2, -0.15) is 8.78 Å². The third-order valence-corrected chi connectivity index (χ3v) is 4.20. The van der Waals surface area contributed by atoms with Crippen molar-refractivity contribution < 1.29 is 23.0 Å². The molecule has 1 aromatic carbocycles. The van der Waals surface area contributed by atoms with Crippen molar-refractivity contribution in [2.24, 2.45) is 0 Å². The van der Waals surface area contributed by atoms with Gasteiger partial charge in [-0.05, 0) is 29.8 Å². The van der Waals surface area contributed by atoms with Gasteiger partial charge >= 0.3 is 6.61 Å². The van der Waals surface area contributed by atoms with E-state index < -0.39 is 12.7 Å². The summed E-state index contributed by atoms with van der Waals surface area (Å²) in [5, 5.41) is 0. The fourth-order valence-electron chi connectivity index (χ4n) is 2.69. The maximum atomic E-state index is 12.7. The topological polar surface area (TPSA) is 54.6 Å². The first kappa shape index (κ1) is 17.5. The van der Waals surface area contributed by atoms with Gasteiger partial charge in [0.15, 0.2) is 0 Å². The maximum Gasteiger partial charge on any atom is 0.387 e. The molecular formula is C17H16F2N2O3S. The van der Waals surface area contributed by atoms with E-state index in [-0.39, 0.29) is 11.7 Å². The fourth-order valence-corrected chi connectivity index (χ4v) is 2.91. The van der Waals surface area contributed by atoms with Crippen LogP contribution in [0.1, 0.15) is 22.0 Å². The Morgan fingerprint density at radius 2 is 2.20 bits per heavy atom. The van der Waals surface area contributed by atoms with Crippen LogP contribution >= 0.6 is 12.2 Å². The number of carbonyl (C=O) groups excluding carboxylic acids is 1. The van der Waals surface area contributed by atoms with Crippen molar-refractivity contribution >= 4 is 18.1 Å². The van der Waals surface area contributed by atoms with Crippen molar-refractivity contribution in [1.29, 1.82) is 0 Å². The summed E-state index contributed by atoms with van der Waals surface area (Å²) in [6, 6.07) is 9.70. The number of benzene rings is 1. The molecular weight excluding hydrogens is 350 g/mol. The molecule has 1 aliphatic heterocycles. The number of nitrogens with zero attached hydrogens (tertiary/aromatic N) is 1. The first-order valence-corrected chi connectivity index (χ1v) is 8.09. The molecule has 1 N–H and O–H groups in total. The minimum atomic E-state index is -2.89. The highest BCUT2D eigenvalue weighted by Gasteiger charge is 2.27. The van der Waals surface area contributed by atoms with Crippen LogP contribution in [0.5, 0.6) is 5.75 Å². The van der Waals surface area contributed by atoms with Gasteiger partial charge in [-0.15, -0.1) is 0 Å². The average Bonchev–Trinajstić information content (AvgIpc) is 2.61. The third-order valence-electron chi connectivity index (χ3n) is 3.86. The highest BCUT2D eigenvalue weighted by molar-refractivity contribution is 7.71. The first-order chi connectivity index (χ1) is 12.0. The Hall–Kier alpha value is -2.32. The number of halogens is 2. The summed E-state index contributed by atoms with van der Waals surface area (Å²) in [6.07, 6.45) is 1.25. The Labute approximate surface area is 148 Å². The third kappa shape index (κ3) is 4.21. The highest BCUT2D eigenvalue weighted by atomic mass is 32.1. The quantitative estimate of drug-likeness (QED) is 0.841. The molecule has 3 rings (SSSR count). The Morgan fingerprint density at radius 1 is 1.36 bits per heavy atom. The summed E-state index contributed by atoms with van der Waals surface area (Å²) in [5.74, 6) is -0.125. The molecule has 0 radical (unpaired) electrons. The van der Waals surface area contributed by atoms with Crippen molar-refractivity contribution in [2.45, 2.75) is 12.7 Å². The molecule has 0 spiro atoms. The van der Waals surface area contributed by atoms with Crippen LogP contribution in [-0.2, 0) is 4.74 Å². The number of aromatic amines is 1. The van der Waals surface area contributed by atoms with E-state index in [4.69, 9.17) is 17.0 Å². The van der Waals surface area contributed by atoms with Gasteiger partial charge in [0, 0.05) is 12.7 Å². The second kappa shape index (κ2) is 7.71. The summed E-state index contributed by atoms with van der Waals surface area (Å²) in [4.78, 5) is 17.2. The van der Waals surface area contributed by atoms with Crippen molar-refractivity contribution in [2.75, 3.05) is 19.7 Å². The number of carbonyl (C=O) groups is 1. The average molecular weight is 366 g/mol. The van der Waals surface area contributed by atoms with Gasteiger partial charge in [0.05, 0.1) is 18.7 Å². The lowest BCUT2D eigenvalue weighted by Crippen LogP contribution is -2.42. The molecule has 0 bridgehead atoms. The number of hydrogen-bond acceptors (Lipinski definition) is 4. The zero-order valence-corrected chi connectivity index (χ0v) is 14.0. The van der Waals surface area contributed by atoms with E-state index in [1.807, 2.05) is 0 Å². The van der Waals surface area contributed by atoms with Gasteiger partial charge < -0.3 is 19.4 Å². The summed E-state index contributed by atoms with van der Waals surface area (Å²) in [5.41, 5.74) is 1.10. The lowest BCUT2D eigenvalue weighted by Gasteiger charge is -2.33. The summed E-state index contributed by atoms with van der Waals surface area (Å²) in [6.45, 7) is -1.80. The number of alkyl halides is 2. The van der Waals surface area contributed by atoms with Crippen LogP contribution in [0.3, 0.4) is 0 Å². The molecule has 1 aromatic heterocycles. The Kier molecular flexibility index (Phi) is 5.40. The molecule has 0 aliphatic carbocycles. The van der Waals surface area contributed by atoms with E-state index in [0.717, 1.165) is 0 Å². The molecule has 1 unspecified atom stereocenters. The molecule has 0 saturated carbocycles. The zero-order valence-electron chi connectivity index (χ0n) is 13.2. The van der Waals surface area contributed by atoms with Crippen molar-refractivity contribution in [3.05, 3.63) is 58.4 Å². The molecule has 5 nitrogen and oxygen atoms in total. The largest absolute Gasteiger partial charge is 0.435 e. The summed E-state index contributed by atoms with van der Waals surface area (Å²) < 4.78 is 35.2. The lowest BCUT2D eigenvalue weighted by atomic mass is 10.1. The number of hydrogen-bond donors (Lipinski definition) is 1. The van der Waals surface area contributed by atoms with Crippen LogP contribution in [-0.4, -0.2) is 42.1 Å². The van der Waals surface area contributed by atoms with Gasteiger partial charge in [0.1, 0.15) is 16.5 Å². The Balaban J connectivity index is 1.76. The number of rotatable bonds is 4. The van der Waals surface area contributed by atoms with Crippen LogP contribution in [0.15, 0.2) is 42.6 Å². The minimum absolute atomic E-state index is 0.0602. The van der Waals surface area contributed by atoms with Crippen molar-refractivity contribution in [1.82, 2.24) is 9.88 Å². The standard InChI is InChI=1S/C17H16F2N2O3S/c18-17(19)24-12-4-1-3-11(9-12)14-10-21(7-8-23-14)16(22)13-5-2-6-20-15(13)25/h1-6,9,14,17H,7-8,10H2,(H,20,25). The van der Waals surface area contributed by atoms with E-state index in [0.29, 0.717) is 35.5 Å². The predicted molar refractivity (Wildman–Crippen MR) is 89.3 cm³/mol. The second-order valence-corrected chi connectivity index (χ2v) is 5.88. The van der Waals surface area contributed by atoms with Crippen molar-refractivity contribution in [3.63, 3.8) is 0 Å². The highest BCUT2D eigenvalue weighted by Crippen LogP contribution is 2.27. The minimum Gasteiger partial charge on any atom is -0.435 e. The molecule has 8 heteroatoms. The van der Waals surface area contributed by atoms with E-state index in [2.05, 4.69) is 9.72 Å². The molecule has 132 valence electrons. The zero-order chi connectivity index (χ0) is 17.8. The smallest absolute Gasteiger partial charge is 0.387 e. The molecule has 1 saturated heterocycles. The normalized spacial score (nSPS) is 17.6. The Morgan fingerprint density at radius 3 is 2.96 bits per heavy atom.